The van der Waals surface area contributed by atoms with Gasteiger partial charge in [-0.05, 0) is 46.3 Å². The number of primary amides is 1. The molecule has 31 heavy (non-hydrogen) atoms. The molecule has 0 saturated carbocycles. The molecule has 0 radical (unpaired) electrons. The van der Waals surface area contributed by atoms with E-state index in [0.717, 1.165) is 11.1 Å². The van der Waals surface area contributed by atoms with Crippen molar-refractivity contribution in [1.29, 1.82) is 0 Å². The number of imidazole rings is 1. The minimum absolute atomic E-state index is 0.149. The van der Waals surface area contributed by atoms with Crippen LogP contribution in [-0.4, -0.2) is 35.9 Å². The average Bonchev–Trinajstić information content (AvgIpc) is 3.21. The van der Waals surface area contributed by atoms with Crippen LogP contribution in [-0.2, 0) is 0 Å². The maximum Gasteiger partial charge on any atom is 0.248 e. The van der Waals surface area contributed by atoms with Crippen LogP contribution in [0.2, 0.25) is 0 Å². The summed E-state index contributed by atoms with van der Waals surface area (Å²) in [5, 5.41) is 0. The SMILES string of the molecule is COc1cc(C(=O)c2ccc(-c3nc4ccc(C(N)=O)cc4[nH]3)cc2)cc(Br)c1OC. The molecule has 1 heterocycles. The number of nitrogens with one attached hydrogen (secondary N) is 1. The monoisotopic (exact) mass is 479 g/mol. The summed E-state index contributed by atoms with van der Waals surface area (Å²) < 4.78 is 11.3. The number of amides is 1. The molecule has 0 bridgehead atoms. The van der Waals surface area contributed by atoms with Crippen LogP contribution in [0.5, 0.6) is 11.5 Å². The minimum atomic E-state index is -0.497. The number of nitrogens with two attached hydrogens (primary N) is 1. The Hall–Kier alpha value is -3.65. The fourth-order valence-corrected chi connectivity index (χ4v) is 3.90. The summed E-state index contributed by atoms with van der Waals surface area (Å²) in [4.78, 5) is 32.1. The molecule has 0 unspecified atom stereocenters. The Morgan fingerprint density at radius 3 is 2.29 bits per heavy atom. The lowest BCUT2D eigenvalue weighted by atomic mass is 10.0. The maximum absolute atomic E-state index is 13.0. The number of H-pyrrole nitrogens is 1. The van der Waals surface area contributed by atoms with Crippen molar-refractivity contribution < 1.29 is 19.1 Å². The van der Waals surface area contributed by atoms with E-state index in [2.05, 4.69) is 25.9 Å². The molecule has 4 rings (SSSR count). The number of carbonyl (C=O) groups excluding carboxylic acids is 2. The second-order valence-electron chi connectivity index (χ2n) is 6.78. The standard InChI is InChI=1S/C23H18BrN3O4/c1-30-19-11-15(9-16(24)21(19)31-2)20(28)12-3-5-13(6-4-12)23-26-17-8-7-14(22(25)29)10-18(17)27-23/h3-11H,1-2H3,(H2,25,29)(H,26,27). The first-order valence-electron chi connectivity index (χ1n) is 9.27. The minimum Gasteiger partial charge on any atom is -0.493 e. The number of nitrogens with zero attached hydrogens (tertiary/aromatic N) is 1. The van der Waals surface area contributed by atoms with Gasteiger partial charge in [-0.25, -0.2) is 4.98 Å². The highest BCUT2D eigenvalue weighted by Crippen LogP contribution is 2.37. The highest BCUT2D eigenvalue weighted by Gasteiger charge is 2.17. The molecule has 7 nitrogen and oxygen atoms in total. The third-order valence-electron chi connectivity index (χ3n) is 4.88. The van der Waals surface area contributed by atoms with Crippen LogP contribution in [0.3, 0.4) is 0 Å². The quantitative estimate of drug-likeness (QED) is 0.400. The Morgan fingerprint density at radius 2 is 1.65 bits per heavy atom. The zero-order chi connectivity index (χ0) is 22.1. The number of ketones is 1. The molecule has 8 heteroatoms. The number of carbonyl (C=O) groups is 2. The molecule has 4 aromatic rings. The molecule has 1 amide bonds. The molecule has 0 saturated heterocycles. The lowest BCUT2D eigenvalue weighted by Gasteiger charge is -2.11. The normalized spacial score (nSPS) is 10.8. The molecule has 0 aliphatic carbocycles. The molecule has 0 spiro atoms. The van der Waals surface area contributed by atoms with E-state index in [9.17, 15) is 9.59 Å². The lowest BCUT2D eigenvalue weighted by molar-refractivity contribution is 0.0998. The van der Waals surface area contributed by atoms with Crippen molar-refractivity contribution in [2.24, 2.45) is 5.73 Å². The van der Waals surface area contributed by atoms with E-state index in [0.29, 0.717) is 44.0 Å². The van der Waals surface area contributed by atoms with Crippen molar-refractivity contribution in [3.8, 4) is 22.9 Å². The number of aromatic amines is 1. The number of hydrogen-bond donors (Lipinski definition) is 2. The van der Waals surface area contributed by atoms with Gasteiger partial charge in [-0.15, -0.1) is 0 Å². The molecule has 0 fully saturated rings. The number of rotatable bonds is 6. The van der Waals surface area contributed by atoms with Gasteiger partial charge in [0.05, 0.1) is 29.7 Å². The fourth-order valence-electron chi connectivity index (χ4n) is 3.29. The van der Waals surface area contributed by atoms with E-state index < -0.39 is 5.91 Å². The summed E-state index contributed by atoms with van der Waals surface area (Å²) in [6.07, 6.45) is 0. The first-order valence-corrected chi connectivity index (χ1v) is 10.1. The Kier molecular flexibility index (Phi) is 5.48. The average molecular weight is 480 g/mol. The van der Waals surface area contributed by atoms with E-state index in [-0.39, 0.29) is 5.78 Å². The number of ether oxygens (including phenoxy) is 2. The Morgan fingerprint density at radius 1 is 0.935 bits per heavy atom. The van der Waals surface area contributed by atoms with Crippen molar-refractivity contribution in [2.75, 3.05) is 14.2 Å². The van der Waals surface area contributed by atoms with E-state index in [4.69, 9.17) is 15.2 Å². The number of hydrogen-bond acceptors (Lipinski definition) is 5. The number of aromatic nitrogens is 2. The number of halogens is 1. The van der Waals surface area contributed by atoms with Crippen LogP contribution in [0.15, 0.2) is 59.1 Å². The van der Waals surface area contributed by atoms with Crippen molar-refractivity contribution in [2.45, 2.75) is 0 Å². The summed E-state index contributed by atoms with van der Waals surface area (Å²) in [6.45, 7) is 0. The van der Waals surface area contributed by atoms with E-state index >= 15 is 0 Å². The number of benzene rings is 3. The van der Waals surface area contributed by atoms with Gasteiger partial charge in [0.25, 0.3) is 0 Å². The Labute approximate surface area is 186 Å². The van der Waals surface area contributed by atoms with Crippen LogP contribution in [0.25, 0.3) is 22.4 Å². The first-order chi connectivity index (χ1) is 14.9. The molecule has 3 aromatic carbocycles. The van der Waals surface area contributed by atoms with Gasteiger partial charge in [-0.1, -0.05) is 24.3 Å². The van der Waals surface area contributed by atoms with Crippen molar-refractivity contribution in [1.82, 2.24) is 9.97 Å². The van der Waals surface area contributed by atoms with E-state index in [1.54, 1.807) is 42.5 Å². The van der Waals surface area contributed by atoms with Crippen LogP contribution in [0.4, 0.5) is 0 Å². The second-order valence-corrected chi connectivity index (χ2v) is 7.64. The first kappa shape index (κ1) is 20.6. The van der Waals surface area contributed by atoms with Gasteiger partial charge in [-0.2, -0.15) is 0 Å². The Bertz CT molecular complexity index is 1310. The second kappa shape index (κ2) is 8.23. The maximum atomic E-state index is 13.0. The van der Waals surface area contributed by atoms with Crippen LogP contribution < -0.4 is 15.2 Å². The molecule has 3 N–H and O–H groups in total. The molecule has 0 aliphatic heterocycles. The van der Waals surface area contributed by atoms with E-state index in [1.807, 2.05) is 12.1 Å². The predicted molar refractivity (Wildman–Crippen MR) is 121 cm³/mol. The molecular weight excluding hydrogens is 462 g/mol. The molecule has 156 valence electrons. The topological polar surface area (TPSA) is 107 Å². The van der Waals surface area contributed by atoms with Crippen molar-refractivity contribution >= 4 is 38.7 Å². The van der Waals surface area contributed by atoms with Crippen molar-refractivity contribution in [3.05, 3.63) is 75.8 Å². The number of methoxy groups -OCH3 is 2. The molecule has 0 aliphatic rings. The van der Waals surface area contributed by atoms with Gasteiger partial charge in [0.1, 0.15) is 5.82 Å². The molecular formula is C23H18BrN3O4. The van der Waals surface area contributed by atoms with Gasteiger partial charge in [-0.3, -0.25) is 9.59 Å². The van der Waals surface area contributed by atoms with Gasteiger partial charge >= 0.3 is 0 Å². The predicted octanol–water partition coefficient (Wildman–Crippen LogP) is 4.34. The summed E-state index contributed by atoms with van der Waals surface area (Å²) in [5.74, 6) is 0.976. The van der Waals surface area contributed by atoms with Gasteiger partial charge < -0.3 is 20.2 Å². The highest BCUT2D eigenvalue weighted by atomic mass is 79.9. The zero-order valence-electron chi connectivity index (χ0n) is 16.7. The summed E-state index contributed by atoms with van der Waals surface area (Å²) in [7, 11) is 3.06. The van der Waals surface area contributed by atoms with Crippen LogP contribution >= 0.6 is 15.9 Å². The summed E-state index contributed by atoms with van der Waals surface area (Å²) in [6, 6.07) is 15.5. The number of fused-ring (bicyclic) bond motifs is 1. The third kappa shape index (κ3) is 3.89. The summed E-state index contributed by atoms with van der Waals surface area (Å²) >= 11 is 3.41. The van der Waals surface area contributed by atoms with Crippen molar-refractivity contribution in [3.63, 3.8) is 0 Å². The van der Waals surface area contributed by atoms with E-state index in [1.165, 1.54) is 14.2 Å². The van der Waals surface area contributed by atoms with Crippen LogP contribution in [0.1, 0.15) is 26.3 Å². The summed E-state index contributed by atoms with van der Waals surface area (Å²) in [5.41, 5.74) is 8.97. The zero-order valence-corrected chi connectivity index (χ0v) is 18.3. The van der Waals surface area contributed by atoms with Gasteiger partial charge in [0.2, 0.25) is 5.91 Å². The highest BCUT2D eigenvalue weighted by molar-refractivity contribution is 9.10. The molecule has 0 atom stereocenters. The lowest BCUT2D eigenvalue weighted by Crippen LogP contribution is -2.10. The Balaban J connectivity index is 1.64. The van der Waals surface area contributed by atoms with Crippen LogP contribution in [0, 0.1) is 0 Å². The van der Waals surface area contributed by atoms with Gasteiger partial charge in [0.15, 0.2) is 17.3 Å². The fraction of sp³-hybridized carbons (Fsp3) is 0.0870. The third-order valence-corrected chi connectivity index (χ3v) is 5.47. The largest absolute Gasteiger partial charge is 0.493 e. The smallest absolute Gasteiger partial charge is 0.248 e. The van der Waals surface area contributed by atoms with Gasteiger partial charge in [0, 0.05) is 22.3 Å². The molecule has 1 aromatic heterocycles.